The van der Waals surface area contributed by atoms with Crippen molar-refractivity contribution >= 4 is 23.4 Å². The van der Waals surface area contributed by atoms with E-state index in [1.807, 2.05) is 40.7 Å². The van der Waals surface area contributed by atoms with Crippen LogP contribution >= 0.6 is 11.8 Å². The number of piperazine rings is 1. The van der Waals surface area contributed by atoms with Crippen molar-refractivity contribution in [1.82, 2.24) is 19.7 Å². The summed E-state index contributed by atoms with van der Waals surface area (Å²) in [6, 6.07) is 13.2. The van der Waals surface area contributed by atoms with Gasteiger partial charge >= 0.3 is 6.18 Å². The number of hydrogen-bond donors (Lipinski definition) is 0. The van der Waals surface area contributed by atoms with Crippen LogP contribution in [0, 0.1) is 6.92 Å². The molecule has 168 valence electrons. The van der Waals surface area contributed by atoms with Crippen LogP contribution in [0.4, 0.5) is 18.9 Å². The number of aryl methyl sites for hydroxylation is 1. The number of thioether (sulfide) groups is 1. The molecule has 0 radical (unpaired) electrons. The Labute approximate surface area is 188 Å². The number of anilines is 1. The third-order valence-corrected chi connectivity index (χ3v) is 6.32. The van der Waals surface area contributed by atoms with Crippen molar-refractivity contribution in [2.24, 2.45) is 0 Å². The molecule has 0 unspecified atom stereocenters. The number of carbonyl (C=O) groups is 1. The molecule has 1 amide bonds. The molecule has 0 aliphatic carbocycles. The van der Waals surface area contributed by atoms with Gasteiger partial charge in [-0.1, -0.05) is 36.0 Å². The third kappa shape index (κ3) is 4.90. The van der Waals surface area contributed by atoms with Crippen LogP contribution in [0.15, 0.2) is 60.0 Å². The van der Waals surface area contributed by atoms with Gasteiger partial charge in [-0.2, -0.15) is 13.2 Å². The first-order valence-electron chi connectivity index (χ1n) is 10.1. The van der Waals surface area contributed by atoms with E-state index < -0.39 is 11.7 Å². The first kappa shape index (κ1) is 22.2. The molecule has 1 aromatic heterocycles. The molecule has 6 nitrogen and oxygen atoms in total. The average molecular weight is 462 g/mol. The van der Waals surface area contributed by atoms with Gasteiger partial charge in [-0.3, -0.25) is 9.36 Å². The topological polar surface area (TPSA) is 54.3 Å². The molecule has 10 heteroatoms. The van der Waals surface area contributed by atoms with E-state index in [2.05, 4.69) is 10.2 Å². The van der Waals surface area contributed by atoms with Gasteiger partial charge < -0.3 is 9.80 Å². The minimum Gasteiger partial charge on any atom is -0.368 e. The fourth-order valence-corrected chi connectivity index (χ4v) is 4.46. The third-order valence-electron chi connectivity index (χ3n) is 5.39. The average Bonchev–Trinajstić information content (AvgIpc) is 3.26. The molecule has 0 bridgehead atoms. The molecule has 0 spiro atoms. The molecule has 2 heterocycles. The van der Waals surface area contributed by atoms with Gasteiger partial charge in [-0.25, -0.2) is 0 Å². The normalized spacial score (nSPS) is 14.6. The van der Waals surface area contributed by atoms with Gasteiger partial charge in [0.05, 0.1) is 17.0 Å². The number of alkyl halides is 3. The lowest BCUT2D eigenvalue weighted by Gasteiger charge is -2.36. The zero-order chi connectivity index (χ0) is 22.7. The van der Waals surface area contributed by atoms with Crippen LogP contribution in [0.1, 0.15) is 11.1 Å². The zero-order valence-electron chi connectivity index (χ0n) is 17.4. The maximum atomic E-state index is 13.0. The number of halogens is 3. The van der Waals surface area contributed by atoms with Crippen LogP contribution < -0.4 is 4.90 Å². The molecule has 0 atom stereocenters. The molecular weight excluding hydrogens is 439 g/mol. The quantitative estimate of drug-likeness (QED) is 0.537. The highest BCUT2D eigenvalue weighted by molar-refractivity contribution is 7.99. The molecule has 0 saturated carbocycles. The second-order valence-corrected chi connectivity index (χ2v) is 8.42. The number of nitrogens with zero attached hydrogens (tertiary/aromatic N) is 5. The Morgan fingerprint density at radius 3 is 2.53 bits per heavy atom. The number of carbonyl (C=O) groups excluding carboxylic acids is 1. The number of benzene rings is 2. The first-order chi connectivity index (χ1) is 15.3. The summed E-state index contributed by atoms with van der Waals surface area (Å²) in [5.41, 5.74) is 1.89. The zero-order valence-corrected chi connectivity index (χ0v) is 18.2. The summed E-state index contributed by atoms with van der Waals surface area (Å²) < 4.78 is 40.8. The van der Waals surface area contributed by atoms with Gasteiger partial charge in [0, 0.05) is 31.9 Å². The smallest absolute Gasteiger partial charge is 0.368 e. The lowest BCUT2D eigenvalue weighted by atomic mass is 10.1. The highest BCUT2D eigenvalue weighted by Crippen LogP contribution is 2.32. The maximum Gasteiger partial charge on any atom is 0.416 e. The summed E-state index contributed by atoms with van der Waals surface area (Å²) in [5, 5.41) is 8.75. The van der Waals surface area contributed by atoms with Crippen molar-refractivity contribution in [3.05, 3.63) is 66.0 Å². The Hall–Kier alpha value is -3.01. The van der Waals surface area contributed by atoms with Gasteiger partial charge in [-0.15, -0.1) is 10.2 Å². The summed E-state index contributed by atoms with van der Waals surface area (Å²) >= 11 is 1.32. The van der Waals surface area contributed by atoms with Crippen LogP contribution in [0.25, 0.3) is 5.69 Å². The predicted octanol–water partition coefficient (Wildman–Crippen LogP) is 4.04. The fourth-order valence-electron chi connectivity index (χ4n) is 3.63. The molecular formula is C22H22F3N5OS. The summed E-state index contributed by atoms with van der Waals surface area (Å²) in [6.45, 7) is 3.88. The molecule has 32 heavy (non-hydrogen) atoms. The summed E-state index contributed by atoms with van der Waals surface area (Å²) in [4.78, 5) is 16.3. The minimum atomic E-state index is -4.37. The van der Waals surface area contributed by atoms with Gasteiger partial charge in [0.15, 0.2) is 5.16 Å². The van der Waals surface area contributed by atoms with E-state index in [9.17, 15) is 18.0 Å². The molecule has 4 rings (SSSR count). The van der Waals surface area contributed by atoms with Crippen molar-refractivity contribution in [3.63, 3.8) is 0 Å². The van der Waals surface area contributed by atoms with E-state index in [1.54, 1.807) is 17.3 Å². The standard InChI is InChI=1S/C22H22F3N5OS/c1-16-5-2-3-8-19(16)30-15-26-27-21(30)32-14-20(31)29-11-9-28(10-12-29)18-7-4-6-17(13-18)22(23,24)25/h2-8,13,15H,9-12,14H2,1H3. The predicted molar refractivity (Wildman–Crippen MR) is 117 cm³/mol. The molecule has 1 saturated heterocycles. The number of rotatable bonds is 5. The highest BCUT2D eigenvalue weighted by atomic mass is 32.2. The van der Waals surface area contributed by atoms with E-state index in [-0.39, 0.29) is 11.7 Å². The van der Waals surface area contributed by atoms with Crippen LogP contribution in [0.3, 0.4) is 0 Å². The summed E-state index contributed by atoms with van der Waals surface area (Å²) in [6.07, 6.45) is -2.74. The van der Waals surface area contributed by atoms with E-state index in [4.69, 9.17) is 0 Å². The highest BCUT2D eigenvalue weighted by Gasteiger charge is 2.31. The second kappa shape index (κ2) is 9.23. The monoisotopic (exact) mass is 461 g/mol. The van der Waals surface area contributed by atoms with Crippen molar-refractivity contribution < 1.29 is 18.0 Å². The van der Waals surface area contributed by atoms with Gasteiger partial charge in [0.2, 0.25) is 5.91 Å². The van der Waals surface area contributed by atoms with Crippen LogP contribution in [0.5, 0.6) is 0 Å². The van der Waals surface area contributed by atoms with Crippen LogP contribution in [-0.2, 0) is 11.0 Å². The Bertz CT molecular complexity index is 1090. The number of hydrogen-bond acceptors (Lipinski definition) is 5. The van der Waals surface area contributed by atoms with Crippen molar-refractivity contribution in [3.8, 4) is 5.69 Å². The minimum absolute atomic E-state index is 0.0296. The Kier molecular flexibility index (Phi) is 6.40. The van der Waals surface area contributed by atoms with E-state index in [0.29, 0.717) is 37.0 Å². The van der Waals surface area contributed by atoms with Gasteiger partial charge in [0.25, 0.3) is 0 Å². The molecule has 2 aromatic carbocycles. The summed E-state index contributed by atoms with van der Waals surface area (Å²) in [5.74, 6) is 0.187. The Balaban J connectivity index is 1.34. The molecule has 0 N–H and O–H groups in total. The Morgan fingerprint density at radius 1 is 1.06 bits per heavy atom. The van der Waals surface area contributed by atoms with Crippen LogP contribution in [0.2, 0.25) is 0 Å². The number of para-hydroxylation sites is 1. The van der Waals surface area contributed by atoms with E-state index >= 15 is 0 Å². The molecule has 1 fully saturated rings. The van der Waals surface area contributed by atoms with Gasteiger partial charge in [0.1, 0.15) is 6.33 Å². The maximum absolute atomic E-state index is 13.0. The first-order valence-corrected chi connectivity index (χ1v) is 11.1. The van der Waals surface area contributed by atoms with Crippen molar-refractivity contribution in [2.75, 3.05) is 36.8 Å². The summed E-state index contributed by atoms with van der Waals surface area (Å²) in [7, 11) is 0. The van der Waals surface area contributed by atoms with Crippen molar-refractivity contribution in [2.45, 2.75) is 18.3 Å². The fraction of sp³-hybridized carbons (Fsp3) is 0.318. The van der Waals surface area contributed by atoms with Gasteiger partial charge in [-0.05, 0) is 36.8 Å². The molecule has 1 aliphatic heterocycles. The lowest BCUT2D eigenvalue weighted by Crippen LogP contribution is -2.49. The van der Waals surface area contributed by atoms with Crippen LogP contribution in [-0.4, -0.2) is 57.5 Å². The second-order valence-electron chi connectivity index (χ2n) is 7.47. The largest absolute Gasteiger partial charge is 0.416 e. The van der Waals surface area contributed by atoms with E-state index in [1.165, 1.54) is 17.8 Å². The lowest BCUT2D eigenvalue weighted by molar-refractivity contribution is -0.137. The number of aromatic nitrogens is 3. The number of amides is 1. The molecule has 3 aromatic rings. The Morgan fingerprint density at radius 2 is 1.81 bits per heavy atom. The van der Waals surface area contributed by atoms with E-state index in [0.717, 1.165) is 23.4 Å². The SMILES string of the molecule is Cc1ccccc1-n1cnnc1SCC(=O)N1CCN(c2cccc(C(F)(F)F)c2)CC1. The molecule has 1 aliphatic rings. The van der Waals surface area contributed by atoms with Crippen molar-refractivity contribution in [1.29, 1.82) is 0 Å².